The van der Waals surface area contributed by atoms with Crippen LogP contribution < -0.4 is 10.6 Å². The minimum Gasteiger partial charge on any atom is -0.356 e. The second-order valence-corrected chi connectivity index (χ2v) is 9.42. The van der Waals surface area contributed by atoms with Gasteiger partial charge in [-0.05, 0) is 38.7 Å². The maximum absolute atomic E-state index is 12.2. The van der Waals surface area contributed by atoms with Crippen molar-refractivity contribution in [3.63, 3.8) is 0 Å². The van der Waals surface area contributed by atoms with E-state index in [-0.39, 0.29) is 34.5 Å². The van der Waals surface area contributed by atoms with Crippen LogP contribution in [0.1, 0.15) is 20.3 Å². The molecule has 0 heterocycles. The number of guanidine groups is 1. The van der Waals surface area contributed by atoms with Crippen LogP contribution in [0.3, 0.4) is 0 Å². The molecule has 0 aliphatic carbocycles. The average molecular weight is 485 g/mol. The summed E-state index contributed by atoms with van der Waals surface area (Å²) in [6, 6.07) is 8.56. The van der Waals surface area contributed by atoms with E-state index in [1.165, 1.54) is 0 Å². The summed E-state index contributed by atoms with van der Waals surface area (Å²) in [5, 5.41) is 6.41. The number of hydrogen-bond acceptors (Lipinski definition) is 4. The van der Waals surface area contributed by atoms with E-state index >= 15 is 0 Å². The Kier molecular flexibility index (Phi) is 11.0. The van der Waals surface area contributed by atoms with Crippen molar-refractivity contribution < 1.29 is 8.42 Å². The molecule has 0 saturated carbocycles. The summed E-state index contributed by atoms with van der Waals surface area (Å²) >= 11 is 1.78. The second-order valence-electron chi connectivity index (χ2n) is 5.80. The normalized spacial score (nSPS) is 12.4. The van der Waals surface area contributed by atoms with Gasteiger partial charge in [-0.2, -0.15) is 11.8 Å². The van der Waals surface area contributed by atoms with Crippen LogP contribution in [0.15, 0.2) is 40.2 Å². The van der Waals surface area contributed by atoms with E-state index in [0.717, 1.165) is 6.54 Å². The van der Waals surface area contributed by atoms with E-state index < -0.39 is 9.84 Å². The van der Waals surface area contributed by atoms with Gasteiger partial charge in [-0.15, -0.1) is 24.0 Å². The summed E-state index contributed by atoms with van der Waals surface area (Å²) in [5.41, 5.74) is 0. The summed E-state index contributed by atoms with van der Waals surface area (Å²) in [7, 11) is -1.50. The summed E-state index contributed by atoms with van der Waals surface area (Å²) < 4.78 is 24.5. The average Bonchev–Trinajstić information content (AvgIpc) is 2.55. The fraction of sp³-hybridized carbons (Fsp3) is 0.562. The quantitative estimate of drug-likeness (QED) is 0.257. The highest BCUT2D eigenvalue weighted by molar-refractivity contribution is 14.0. The molecular weight excluding hydrogens is 457 g/mol. The Morgan fingerprint density at radius 2 is 1.83 bits per heavy atom. The molecule has 1 aromatic rings. The van der Waals surface area contributed by atoms with E-state index in [0.29, 0.717) is 23.8 Å². The van der Waals surface area contributed by atoms with E-state index in [1.54, 1.807) is 43.1 Å². The van der Waals surface area contributed by atoms with Crippen molar-refractivity contribution in [1.82, 2.24) is 10.6 Å². The van der Waals surface area contributed by atoms with Crippen molar-refractivity contribution in [3.8, 4) is 0 Å². The Hall–Kier alpha value is -0.480. The first kappa shape index (κ1) is 23.5. The third-order valence-corrected chi connectivity index (χ3v) is 6.51. The number of thioether (sulfide) groups is 1. The topological polar surface area (TPSA) is 70.6 Å². The Morgan fingerprint density at radius 1 is 1.21 bits per heavy atom. The molecule has 0 aliphatic heterocycles. The van der Waals surface area contributed by atoms with Crippen molar-refractivity contribution in [2.24, 2.45) is 4.99 Å². The molecule has 0 amide bonds. The summed E-state index contributed by atoms with van der Waals surface area (Å²) in [6.45, 7) is 5.66. The van der Waals surface area contributed by atoms with Crippen LogP contribution in [0.2, 0.25) is 0 Å². The zero-order valence-corrected chi connectivity index (χ0v) is 18.7. The van der Waals surface area contributed by atoms with Crippen LogP contribution >= 0.6 is 35.7 Å². The van der Waals surface area contributed by atoms with Crippen molar-refractivity contribution in [2.45, 2.75) is 29.9 Å². The Bertz CT molecular complexity index is 605. The molecule has 0 aromatic heterocycles. The molecule has 0 atom stereocenters. The second kappa shape index (κ2) is 11.2. The summed E-state index contributed by atoms with van der Waals surface area (Å²) in [6.07, 6.45) is 2.61. The van der Waals surface area contributed by atoms with Crippen molar-refractivity contribution in [1.29, 1.82) is 0 Å². The highest BCUT2D eigenvalue weighted by atomic mass is 127. The van der Waals surface area contributed by atoms with Crippen LogP contribution in [0, 0.1) is 0 Å². The van der Waals surface area contributed by atoms with Crippen LogP contribution in [0.4, 0.5) is 0 Å². The number of hydrogen-bond donors (Lipinski definition) is 2. The first-order valence-corrected chi connectivity index (χ1v) is 10.5. The standard InChI is InChI=1S/C16H27N3O2S2.HI/c1-16(2,22-4)13-19-15(17-3)18-11-8-12-23(20,21)14-9-6-5-7-10-14;/h5-7,9-10H,8,11-13H2,1-4H3,(H2,17,18,19);1H. The highest BCUT2D eigenvalue weighted by Gasteiger charge is 2.16. The molecule has 0 aliphatic rings. The fourth-order valence-corrected chi connectivity index (χ4v) is 3.35. The lowest BCUT2D eigenvalue weighted by Crippen LogP contribution is -2.43. The zero-order chi connectivity index (χ0) is 17.3. The number of aliphatic imine (C=N–C) groups is 1. The molecule has 2 N–H and O–H groups in total. The number of benzene rings is 1. The van der Waals surface area contributed by atoms with Gasteiger partial charge in [-0.25, -0.2) is 8.42 Å². The third-order valence-electron chi connectivity index (χ3n) is 3.44. The molecule has 0 unspecified atom stereocenters. The number of halogens is 1. The van der Waals surface area contributed by atoms with Gasteiger partial charge in [0.25, 0.3) is 0 Å². The zero-order valence-electron chi connectivity index (χ0n) is 14.7. The minimum absolute atomic E-state index is 0. The van der Waals surface area contributed by atoms with E-state index in [1.807, 2.05) is 6.07 Å². The third kappa shape index (κ3) is 8.57. The molecular formula is C16H28IN3O2S2. The first-order valence-electron chi connectivity index (χ1n) is 7.58. The Balaban J connectivity index is 0.00000529. The molecule has 8 heteroatoms. The van der Waals surface area contributed by atoms with Gasteiger partial charge in [0.2, 0.25) is 0 Å². The lowest BCUT2D eigenvalue weighted by atomic mass is 10.2. The van der Waals surface area contributed by atoms with Gasteiger partial charge in [-0.3, -0.25) is 4.99 Å². The molecule has 5 nitrogen and oxygen atoms in total. The number of sulfone groups is 1. The highest BCUT2D eigenvalue weighted by Crippen LogP contribution is 2.19. The molecule has 138 valence electrons. The SMILES string of the molecule is CN=C(NCCCS(=O)(=O)c1ccccc1)NCC(C)(C)SC.I. The monoisotopic (exact) mass is 485 g/mol. The molecule has 0 bridgehead atoms. The molecule has 0 radical (unpaired) electrons. The molecule has 24 heavy (non-hydrogen) atoms. The van der Waals surface area contributed by atoms with Crippen molar-refractivity contribution in [3.05, 3.63) is 30.3 Å². The molecule has 1 rings (SSSR count). The molecule has 0 saturated heterocycles. The van der Waals surface area contributed by atoms with Gasteiger partial charge in [-0.1, -0.05) is 18.2 Å². The molecule has 0 fully saturated rings. The summed E-state index contributed by atoms with van der Waals surface area (Å²) in [5.74, 6) is 0.821. The van der Waals surface area contributed by atoms with Gasteiger partial charge in [0.1, 0.15) is 0 Å². The van der Waals surface area contributed by atoms with Crippen LogP contribution in [0.25, 0.3) is 0 Å². The summed E-state index contributed by atoms with van der Waals surface area (Å²) in [4.78, 5) is 4.53. The van der Waals surface area contributed by atoms with Crippen LogP contribution in [0.5, 0.6) is 0 Å². The van der Waals surface area contributed by atoms with Gasteiger partial charge in [0, 0.05) is 24.9 Å². The number of nitrogens with one attached hydrogen (secondary N) is 2. The van der Waals surface area contributed by atoms with Gasteiger partial charge >= 0.3 is 0 Å². The lowest BCUT2D eigenvalue weighted by molar-refractivity contribution is 0.592. The first-order chi connectivity index (χ1) is 10.8. The molecule has 1 aromatic carbocycles. The van der Waals surface area contributed by atoms with E-state index in [9.17, 15) is 8.42 Å². The largest absolute Gasteiger partial charge is 0.356 e. The fourth-order valence-electron chi connectivity index (χ4n) is 1.80. The maximum Gasteiger partial charge on any atom is 0.191 e. The van der Waals surface area contributed by atoms with Crippen LogP contribution in [-0.4, -0.2) is 51.3 Å². The Morgan fingerprint density at radius 3 is 2.38 bits per heavy atom. The smallest absolute Gasteiger partial charge is 0.191 e. The molecule has 0 spiro atoms. The lowest BCUT2D eigenvalue weighted by Gasteiger charge is -2.23. The Labute approximate surface area is 167 Å². The van der Waals surface area contributed by atoms with Gasteiger partial charge < -0.3 is 10.6 Å². The van der Waals surface area contributed by atoms with Crippen molar-refractivity contribution in [2.75, 3.05) is 32.1 Å². The number of rotatable bonds is 8. The van der Waals surface area contributed by atoms with E-state index in [4.69, 9.17) is 0 Å². The number of nitrogens with zero attached hydrogens (tertiary/aromatic N) is 1. The van der Waals surface area contributed by atoms with E-state index in [2.05, 4.69) is 35.7 Å². The maximum atomic E-state index is 12.2. The van der Waals surface area contributed by atoms with Gasteiger partial charge in [0.05, 0.1) is 10.6 Å². The predicted octanol–water partition coefficient (Wildman–Crippen LogP) is 2.78. The predicted molar refractivity (Wildman–Crippen MR) is 115 cm³/mol. The van der Waals surface area contributed by atoms with Gasteiger partial charge in [0.15, 0.2) is 15.8 Å². The van der Waals surface area contributed by atoms with Crippen molar-refractivity contribution >= 4 is 51.5 Å². The minimum atomic E-state index is -3.21. The van der Waals surface area contributed by atoms with Crippen LogP contribution in [-0.2, 0) is 9.84 Å².